The van der Waals surface area contributed by atoms with Crippen molar-refractivity contribution in [1.29, 1.82) is 0 Å². The van der Waals surface area contributed by atoms with E-state index in [0.717, 1.165) is 9.88 Å². The second-order valence-corrected chi connectivity index (χ2v) is 4.40. The largest absolute Gasteiger partial charge is 0.380 e. The number of rotatable bonds is 5. The van der Waals surface area contributed by atoms with Crippen LogP contribution in [0.25, 0.3) is 0 Å². The first-order valence-corrected chi connectivity index (χ1v) is 5.72. The Kier molecular flexibility index (Phi) is 4.58. The van der Waals surface area contributed by atoms with Crippen LogP contribution >= 0.6 is 11.3 Å². The molecule has 0 aliphatic rings. The molecule has 0 saturated heterocycles. The van der Waals surface area contributed by atoms with E-state index >= 15 is 0 Å². The van der Waals surface area contributed by atoms with Gasteiger partial charge in [0, 0.05) is 19.6 Å². The van der Waals surface area contributed by atoms with E-state index in [1.165, 1.54) is 11.3 Å². The molecule has 0 aliphatic heterocycles. The Labute approximate surface area is 94.1 Å². The average molecular weight is 227 g/mol. The van der Waals surface area contributed by atoms with Gasteiger partial charge >= 0.3 is 0 Å². The van der Waals surface area contributed by atoms with Crippen molar-refractivity contribution in [2.45, 2.75) is 13.0 Å². The highest BCUT2D eigenvalue weighted by Gasteiger charge is 2.09. The molecule has 1 aromatic heterocycles. The molecular formula is C10H17N3OS. The van der Waals surface area contributed by atoms with Crippen LogP contribution in [-0.4, -0.2) is 32.6 Å². The molecule has 0 spiro atoms. The van der Waals surface area contributed by atoms with E-state index < -0.39 is 0 Å². The first-order chi connectivity index (χ1) is 7.17. The number of hydrogen-bond acceptors (Lipinski definition) is 4. The molecule has 0 saturated carbocycles. The molecule has 84 valence electrons. The Morgan fingerprint density at radius 3 is 2.73 bits per heavy atom. The van der Waals surface area contributed by atoms with Gasteiger partial charge in [-0.1, -0.05) is 0 Å². The standard InChI is InChI=1S/C10H17N3OS/c1-7(11-2)6-13-10(14)8-4-5-9(12-3)15-8/h4-5,7,11-12H,6H2,1-3H3,(H,13,14). The summed E-state index contributed by atoms with van der Waals surface area (Å²) >= 11 is 1.46. The summed E-state index contributed by atoms with van der Waals surface area (Å²) < 4.78 is 0. The Morgan fingerprint density at radius 1 is 1.47 bits per heavy atom. The number of carbonyl (C=O) groups is 1. The van der Waals surface area contributed by atoms with Gasteiger partial charge in [0.15, 0.2) is 0 Å². The number of hydrogen-bond donors (Lipinski definition) is 3. The molecule has 0 fully saturated rings. The maximum absolute atomic E-state index is 11.6. The van der Waals surface area contributed by atoms with Gasteiger partial charge in [-0.3, -0.25) is 4.79 Å². The fourth-order valence-electron chi connectivity index (χ4n) is 1.03. The summed E-state index contributed by atoms with van der Waals surface area (Å²) in [6.45, 7) is 2.66. The van der Waals surface area contributed by atoms with Gasteiger partial charge in [-0.2, -0.15) is 0 Å². The highest BCUT2D eigenvalue weighted by atomic mass is 32.1. The molecule has 1 aromatic rings. The van der Waals surface area contributed by atoms with Gasteiger partial charge in [0.25, 0.3) is 5.91 Å². The van der Waals surface area contributed by atoms with Crippen molar-refractivity contribution in [2.24, 2.45) is 0 Å². The predicted molar refractivity (Wildman–Crippen MR) is 64.7 cm³/mol. The third-order valence-corrected chi connectivity index (χ3v) is 3.24. The number of thiophene rings is 1. The summed E-state index contributed by atoms with van der Waals surface area (Å²) in [5.41, 5.74) is 0. The first-order valence-electron chi connectivity index (χ1n) is 4.90. The van der Waals surface area contributed by atoms with Crippen LogP contribution in [-0.2, 0) is 0 Å². The lowest BCUT2D eigenvalue weighted by Gasteiger charge is -2.10. The fourth-order valence-corrected chi connectivity index (χ4v) is 1.81. The predicted octanol–water partition coefficient (Wildman–Crippen LogP) is 1.13. The minimum Gasteiger partial charge on any atom is -0.380 e. The molecule has 3 N–H and O–H groups in total. The van der Waals surface area contributed by atoms with E-state index in [1.807, 2.05) is 33.2 Å². The van der Waals surface area contributed by atoms with Gasteiger partial charge in [-0.25, -0.2) is 0 Å². The van der Waals surface area contributed by atoms with Crippen LogP contribution in [0.5, 0.6) is 0 Å². The quantitative estimate of drug-likeness (QED) is 0.707. The molecule has 0 bridgehead atoms. The number of amides is 1. The van der Waals surface area contributed by atoms with Crippen molar-refractivity contribution in [2.75, 3.05) is 26.0 Å². The van der Waals surface area contributed by atoms with Crippen LogP contribution in [0.1, 0.15) is 16.6 Å². The molecular weight excluding hydrogens is 210 g/mol. The zero-order valence-corrected chi connectivity index (χ0v) is 10.1. The van der Waals surface area contributed by atoms with Gasteiger partial charge in [0.1, 0.15) is 0 Å². The summed E-state index contributed by atoms with van der Waals surface area (Å²) in [4.78, 5) is 12.4. The van der Waals surface area contributed by atoms with E-state index in [1.54, 1.807) is 0 Å². The second-order valence-electron chi connectivity index (χ2n) is 3.31. The van der Waals surface area contributed by atoms with E-state index in [2.05, 4.69) is 16.0 Å². The summed E-state index contributed by atoms with van der Waals surface area (Å²) in [6, 6.07) is 4.02. The Morgan fingerprint density at radius 2 is 2.20 bits per heavy atom. The normalized spacial score (nSPS) is 12.2. The maximum atomic E-state index is 11.6. The minimum atomic E-state index is -0.0106. The van der Waals surface area contributed by atoms with Crippen molar-refractivity contribution in [1.82, 2.24) is 10.6 Å². The van der Waals surface area contributed by atoms with Crippen LogP contribution in [0.2, 0.25) is 0 Å². The monoisotopic (exact) mass is 227 g/mol. The Hall–Kier alpha value is -1.07. The number of anilines is 1. The Bertz CT molecular complexity index is 324. The summed E-state index contributed by atoms with van der Waals surface area (Å²) in [5, 5.41) is 9.94. The average Bonchev–Trinajstić information content (AvgIpc) is 2.73. The van der Waals surface area contributed by atoms with E-state index in [0.29, 0.717) is 6.54 Å². The number of likely N-dealkylation sites (N-methyl/N-ethyl adjacent to an activating group) is 1. The first kappa shape index (κ1) is 12.0. The minimum absolute atomic E-state index is 0.0106. The molecule has 1 unspecified atom stereocenters. The SMILES string of the molecule is CNc1ccc(C(=O)NCC(C)NC)s1. The van der Waals surface area contributed by atoms with E-state index in [4.69, 9.17) is 0 Å². The molecule has 1 heterocycles. The Balaban J connectivity index is 2.46. The van der Waals surface area contributed by atoms with E-state index in [-0.39, 0.29) is 11.9 Å². The molecule has 4 nitrogen and oxygen atoms in total. The lowest BCUT2D eigenvalue weighted by atomic mass is 10.3. The van der Waals surface area contributed by atoms with Crippen molar-refractivity contribution in [3.05, 3.63) is 17.0 Å². The molecule has 0 aliphatic carbocycles. The van der Waals surface area contributed by atoms with Gasteiger partial charge in [-0.05, 0) is 26.1 Å². The van der Waals surface area contributed by atoms with Gasteiger partial charge in [0.05, 0.1) is 9.88 Å². The fraction of sp³-hybridized carbons (Fsp3) is 0.500. The lowest BCUT2D eigenvalue weighted by Crippen LogP contribution is -2.36. The zero-order chi connectivity index (χ0) is 11.3. The van der Waals surface area contributed by atoms with Gasteiger partial charge in [0.2, 0.25) is 0 Å². The van der Waals surface area contributed by atoms with E-state index in [9.17, 15) is 4.79 Å². The van der Waals surface area contributed by atoms with Crippen molar-refractivity contribution in [3.8, 4) is 0 Å². The van der Waals surface area contributed by atoms with Crippen LogP contribution in [0, 0.1) is 0 Å². The third kappa shape index (κ3) is 3.53. The van der Waals surface area contributed by atoms with Crippen LogP contribution in [0.3, 0.4) is 0 Å². The van der Waals surface area contributed by atoms with Crippen LogP contribution in [0.4, 0.5) is 5.00 Å². The number of nitrogens with one attached hydrogen (secondary N) is 3. The van der Waals surface area contributed by atoms with Crippen molar-refractivity contribution < 1.29 is 4.79 Å². The smallest absolute Gasteiger partial charge is 0.261 e. The maximum Gasteiger partial charge on any atom is 0.261 e. The number of carbonyl (C=O) groups excluding carboxylic acids is 1. The summed E-state index contributed by atoms with van der Waals surface area (Å²) in [6.07, 6.45) is 0. The molecule has 5 heteroatoms. The molecule has 1 atom stereocenters. The van der Waals surface area contributed by atoms with Crippen molar-refractivity contribution in [3.63, 3.8) is 0 Å². The molecule has 0 aromatic carbocycles. The lowest BCUT2D eigenvalue weighted by molar-refractivity contribution is 0.0954. The highest BCUT2D eigenvalue weighted by molar-refractivity contribution is 7.17. The third-order valence-electron chi connectivity index (χ3n) is 2.14. The van der Waals surface area contributed by atoms with Crippen molar-refractivity contribution >= 4 is 22.2 Å². The molecule has 15 heavy (non-hydrogen) atoms. The molecule has 1 amide bonds. The summed E-state index contributed by atoms with van der Waals surface area (Å²) in [5.74, 6) is -0.0106. The van der Waals surface area contributed by atoms with Crippen LogP contribution in [0.15, 0.2) is 12.1 Å². The van der Waals surface area contributed by atoms with Gasteiger partial charge < -0.3 is 16.0 Å². The van der Waals surface area contributed by atoms with Crippen LogP contribution < -0.4 is 16.0 Å². The zero-order valence-electron chi connectivity index (χ0n) is 9.26. The molecule has 0 radical (unpaired) electrons. The topological polar surface area (TPSA) is 53.2 Å². The van der Waals surface area contributed by atoms with Gasteiger partial charge in [-0.15, -0.1) is 11.3 Å². The summed E-state index contributed by atoms with van der Waals surface area (Å²) in [7, 11) is 3.72. The second kappa shape index (κ2) is 5.72. The molecule has 1 rings (SSSR count). The highest BCUT2D eigenvalue weighted by Crippen LogP contribution is 2.20.